The molecular formula is C11H14N4O2. The highest BCUT2D eigenvalue weighted by atomic mass is 16.5. The predicted molar refractivity (Wildman–Crippen MR) is 60.2 cm³/mol. The summed E-state index contributed by atoms with van der Waals surface area (Å²) in [6, 6.07) is 1.90. The number of ether oxygens (including phenoxy) is 1. The Balaban J connectivity index is 1.95. The van der Waals surface area contributed by atoms with E-state index >= 15 is 0 Å². The minimum atomic E-state index is -0.865. The molecule has 0 bridgehead atoms. The molecular weight excluding hydrogens is 220 g/mol. The van der Waals surface area contributed by atoms with Crippen molar-refractivity contribution in [2.75, 3.05) is 18.5 Å². The van der Waals surface area contributed by atoms with Crippen molar-refractivity contribution in [3.05, 3.63) is 18.1 Å². The quantitative estimate of drug-likeness (QED) is 0.781. The number of nitrogens with zero attached hydrogens (tertiary/aromatic N) is 3. The molecule has 2 heterocycles. The molecule has 0 aliphatic carbocycles. The van der Waals surface area contributed by atoms with Gasteiger partial charge in [-0.3, -0.25) is 0 Å². The van der Waals surface area contributed by atoms with Crippen molar-refractivity contribution in [1.29, 1.82) is 5.26 Å². The zero-order valence-electron chi connectivity index (χ0n) is 9.55. The molecule has 2 N–H and O–H groups in total. The number of hydrogen-bond acceptors (Lipinski definition) is 6. The van der Waals surface area contributed by atoms with Crippen molar-refractivity contribution in [2.45, 2.75) is 25.0 Å². The number of hydrogen-bond donors (Lipinski definition) is 2. The van der Waals surface area contributed by atoms with Crippen LogP contribution in [0.2, 0.25) is 0 Å². The maximum absolute atomic E-state index is 10.2. The maximum Gasteiger partial charge on any atom is 0.158 e. The Kier molecular flexibility index (Phi) is 3.22. The number of aromatic nitrogens is 2. The van der Waals surface area contributed by atoms with Crippen molar-refractivity contribution < 1.29 is 9.84 Å². The van der Waals surface area contributed by atoms with Crippen LogP contribution in [0.5, 0.6) is 0 Å². The molecule has 0 spiro atoms. The molecule has 0 aromatic carbocycles. The van der Waals surface area contributed by atoms with E-state index in [2.05, 4.69) is 15.3 Å². The number of nitriles is 1. The zero-order chi connectivity index (χ0) is 12.3. The third-order valence-electron chi connectivity index (χ3n) is 3.00. The molecule has 6 heteroatoms. The van der Waals surface area contributed by atoms with Gasteiger partial charge in [-0.05, 0) is 6.92 Å². The van der Waals surface area contributed by atoms with E-state index in [4.69, 9.17) is 10.00 Å². The van der Waals surface area contributed by atoms with Gasteiger partial charge in [-0.1, -0.05) is 0 Å². The number of nitrogens with one attached hydrogen (secondary N) is 1. The fraction of sp³-hybridized carbons (Fsp3) is 0.545. The number of rotatable bonds is 3. The summed E-state index contributed by atoms with van der Waals surface area (Å²) < 4.78 is 5.32. The topological polar surface area (TPSA) is 91.1 Å². The third kappa shape index (κ3) is 2.52. The average molecular weight is 234 g/mol. The Labute approximate surface area is 99.3 Å². The molecule has 0 radical (unpaired) electrons. The first-order valence-corrected chi connectivity index (χ1v) is 5.44. The third-order valence-corrected chi connectivity index (χ3v) is 3.00. The summed E-state index contributed by atoms with van der Waals surface area (Å²) in [6.07, 6.45) is 3.27. The van der Waals surface area contributed by atoms with Crippen molar-refractivity contribution in [3.63, 3.8) is 0 Å². The monoisotopic (exact) mass is 234 g/mol. The molecule has 1 aromatic rings. The van der Waals surface area contributed by atoms with Crippen LogP contribution in [0.3, 0.4) is 0 Å². The molecule has 0 amide bonds. The first-order valence-electron chi connectivity index (χ1n) is 5.44. The second kappa shape index (κ2) is 4.65. The van der Waals surface area contributed by atoms with Crippen molar-refractivity contribution in [1.82, 2.24) is 9.97 Å². The van der Waals surface area contributed by atoms with E-state index in [1.54, 1.807) is 0 Å². The fourth-order valence-corrected chi connectivity index (χ4v) is 1.72. The van der Waals surface area contributed by atoms with Gasteiger partial charge in [0.2, 0.25) is 0 Å². The first-order chi connectivity index (χ1) is 8.14. The van der Waals surface area contributed by atoms with Gasteiger partial charge in [-0.15, -0.1) is 0 Å². The van der Waals surface area contributed by atoms with Gasteiger partial charge >= 0.3 is 0 Å². The number of aliphatic hydroxyl groups is 1. The van der Waals surface area contributed by atoms with Gasteiger partial charge in [-0.25, -0.2) is 9.97 Å². The van der Waals surface area contributed by atoms with E-state index in [9.17, 15) is 5.11 Å². The van der Waals surface area contributed by atoms with Crippen LogP contribution in [0.4, 0.5) is 5.82 Å². The minimum Gasteiger partial charge on any atom is -0.385 e. The lowest BCUT2D eigenvalue weighted by Crippen LogP contribution is -2.43. The van der Waals surface area contributed by atoms with Gasteiger partial charge in [0.05, 0.1) is 18.5 Å². The lowest BCUT2D eigenvalue weighted by atomic mass is 9.97. The molecule has 90 valence electrons. The van der Waals surface area contributed by atoms with Gasteiger partial charge in [0.25, 0.3) is 0 Å². The molecule has 2 unspecified atom stereocenters. The summed E-state index contributed by atoms with van der Waals surface area (Å²) in [6.45, 7) is 2.77. The highest BCUT2D eigenvalue weighted by Gasteiger charge is 2.39. The normalized spacial score (nSPS) is 27.7. The SMILES string of the molecule is CC1OCCC1(O)CNc1cnc(C#N)cn1. The van der Waals surface area contributed by atoms with Crippen molar-refractivity contribution >= 4 is 5.82 Å². The Morgan fingerprint density at radius 2 is 2.47 bits per heavy atom. The van der Waals surface area contributed by atoms with E-state index in [0.717, 1.165) is 0 Å². The van der Waals surface area contributed by atoms with Crippen LogP contribution in [0.15, 0.2) is 12.4 Å². The Hall–Kier alpha value is -1.71. The highest BCUT2D eigenvalue weighted by molar-refractivity contribution is 5.33. The zero-order valence-corrected chi connectivity index (χ0v) is 9.55. The van der Waals surface area contributed by atoms with Gasteiger partial charge in [-0.2, -0.15) is 5.26 Å². The van der Waals surface area contributed by atoms with E-state index < -0.39 is 5.60 Å². The first kappa shape index (κ1) is 11.8. The molecule has 1 aromatic heterocycles. The van der Waals surface area contributed by atoms with E-state index in [1.165, 1.54) is 12.4 Å². The average Bonchev–Trinajstić information content (AvgIpc) is 2.68. The summed E-state index contributed by atoms with van der Waals surface area (Å²) in [4.78, 5) is 7.90. The second-order valence-electron chi connectivity index (χ2n) is 4.12. The maximum atomic E-state index is 10.2. The molecule has 17 heavy (non-hydrogen) atoms. The van der Waals surface area contributed by atoms with Crippen molar-refractivity contribution in [3.8, 4) is 6.07 Å². The number of anilines is 1. The molecule has 1 saturated heterocycles. The second-order valence-corrected chi connectivity index (χ2v) is 4.12. The van der Waals surface area contributed by atoms with Crippen LogP contribution in [0.1, 0.15) is 19.0 Å². The molecule has 0 saturated carbocycles. The van der Waals surface area contributed by atoms with Crippen LogP contribution in [0, 0.1) is 11.3 Å². The molecule has 6 nitrogen and oxygen atoms in total. The Bertz CT molecular complexity index is 428. The van der Waals surface area contributed by atoms with Crippen LogP contribution < -0.4 is 5.32 Å². The highest BCUT2D eigenvalue weighted by Crippen LogP contribution is 2.25. The van der Waals surface area contributed by atoms with Crippen LogP contribution in [-0.2, 0) is 4.74 Å². The molecule has 1 aliphatic heterocycles. The summed E-state index contributed by atoms with van der Waals surface area (Å²) in [5.74, 6) is 0.538. The standard InChI is InChI=1S/C11H14N4O2/c1-8-11(16,2-3-17-8)7-15-10-6-13-9(4-12)5-14-10/h5-6,8,16H,2-3,7H2,1H3,(H,14,15). The van der Waals surface area contributed by atoms with E-state index in [-0.39, 0.29) is 11.8 Å². The smallest absolute Gasteiger partial charge is 0.158 e. The van der Waals surface area contributed by atoms with E-state index in [1.807, 2.05) is 13.0 Å². The molecule has 1 aliphatic rings. The summed E-state index contributed by atoms with van der Waals surface area (Å²) in [5, 5.41) is 21.8. The van der Waals surface area contributed by atoms with Crippen LogP contribution >= 0.6 is 0 Å². The fourth-order valence-electron chi connectivity index (χ4n) is 1.72. The Morgan fingerprint density at radius 3 is 3.00 bits per heavy atom. The lowest BCUT2D eigenvalue weighted by molar-refractivity contribution is -0.0176. The van der Waals surface area contributed by atoms with Crippen LogP contribution in [-0.4, -0.2) is 39.9 Å². The van der Waals surface area contributed by atoms with Gasteiger partial charge in [0.1, 0.15) is 17.5 Å². The molecule has 2 rings (SSSR count). The molecule has 2 atom stereocenters. The van der Waals surface area contributed by atoms with Gasteiger partial charge < -0.3 is 15.2 Å². The molecule has 1 fully saturated rings. The lowest BCUT2D eigenvalue weighted by Gasteiger charge is -2.26. The van der Waals surface area contributed by atoms with E-state index in [0.29, 0.717) is 25.4 Å². The minimum absolute atomic E-state index is 0.193. The van der Waals surface area contributed by atoms with Crippen molar-refractivity contribution in [2.24, 2.45) is 0 Å². The van der Waals surface area contributed by atoms with Gasteiger partial charge in [0.15, 0.2) is 5.69 Å². The Morgan fingerprint density at radius 1 is 1.65 bits per heavy atom. The summed E-state index contributed by atoms with van der Waals surface area (Å²) >= 11 is 0. The van der Waals surface area contributed by atoms with Gasteiger partial charge in [0, 0.05) is 19.6 Å². The predicted octanol–water partition coefficient (Wildman–Crippen LogP) is 0.300. The summed E-state index contributed by atoms with van der Waals surface area (Å²) in [7, 11) is 0. The summed E-state index contributed by atoms with van der Waals surface area (Å²) in [5.41, 5.74) is -0.595. The van der Waals surface area contributed by atoms with Crippen LogP contribution in [0.25, 0.3) is 0 Å². The largest absolute Gasteiger partial charge is 0.385 e.